The van der Waals surface area contributed by atoms with Gasteiger partial charge in [0.05, 0.1) is 18.4 Å². The van der Waals surface area contributed by atoms with Gasteiger partial charge in [0.2, 0.25) is 0 Å². The molecule has 1 aromatic rings. The molecule has 1 aromatic heterocycles. The molecule has 1 N–H and O–H groups in total. The van der Waals surface area contributed by atoms with Crippen LogP contribution in [-0.2, 0) is 19.5 Å². The standard InChI is InChI=1S/C10H17N3O4S/c1-7-11-4-10(12-7)18(14,15)13-5-8(16-2)9(6-13)17-3/h4,8-9H,5-6H2,1-3H3,(H,11,12). The monoisotopic (exact) mass is 275 g/mol. The smallest absolute Gasteiger partial charge is 0.260 e. The topological polar surface area (TPSA) is 84.5 Å². The summed E-state index contributed by atoms with van der Waals surface area (Å²) in [6.07, 6.45) is 0.842. The van der Waals surface area contributed by atoms with Crippen LogP contribution in [0.25, 0.3) is 0 Å². The summed E-state index contributed by atoms with van der Waals surface area (Å²) in [4.78, 5) is 6.65. The Balaban J connectivity index is 2.22. The maximum atomic E-state index is 12.3. The molecular weight excluding hydrogens is 258 g/mol. The zero-order valence-corrected chi connectivity index (χ0v) is 11.4. The average Bonchev–Trinajstić information content (AvgIpc) is 2.94. The highest BCUT2D eigenvalue weighted by Crippen LogP contribution is 2.22. The number of aromatic amines is 1. The van der Waals surface area contributed by atoms with Gasteiger partial charge in [-0.25, -0.2) is 13.4 Å². The van der Waals surface area contributed by atoms with Crippen molar-refractivity contribution < 1.29 is 17.9 Å². The van der Waals surface area contributed by atoms with Crippen molar-refractivity contribution in [1.82, 2.24) is 14.3 Å². The Kier molecular flexibility index (Phi) is 3.71. The molecule has 7 nitrogen and oxygen atoms in total. The van der Waals surface area contributed by atoms with Crippen LogP contribution in [0.2, 0.25) is 0 Å². The number of hydrogen-bond donors (Lipinski definition) is 1. The van der Waals surface area contributed by atoms with Crippen LogP contribution in [0.4, 0.5) is 0 Å². The number of hydrogen-bond acceptors (Lipinski definition) is 5. The van der Waals surface area contributed by atoms with Gasteiger partial charge in [-0.2, -0.15) is 4.31 Å². The lowest BCUT2D eigenvalue weighted by molar-refractivity contribution is -0.00461. The van der Waals surface area contributed by atoms with E-state index in [0.29, 0.717) is 5.82 Å². The predicted octanol–water partition coefficient (Wildman–Crippen LogP) is -0.248. The highest BCUT2D eigenvalue weighted by atomic mass is 32.2. The second kappa shape index (κ2) is 4.96. The Morgan fingerprint density at radius 3 is 2.28 bits per heavy atom. The summed E-state index contributed by atoms with van der Waals surface area (Å²) in [5.41, 5.74) is 0. The minimum Gasteiger partial charge on any atom is -0.377 e. The van der Waals surface area contributed by atoms with E-state index >= 15 is 0 Å². The van der Waals surface area contributed by atoms with Crippen molar-refractivity contribution in [3.05, 3.63) is 12.0 Å². The Hall–Kier alpha value is -0.960. The zero-order chi connectivity index (χ0) is 13.3. The van der Waals surface area contributed by atoms with Crippen LogP contribution in [0.3, 0.4) is 0 Å². The minimum absolute atomic E-state index is 0.103. The van der Waals surface area contributed by atoms with Crippen molar-refractivity contribution in [3.63, 3.8) is 0 Å². The van der Waals surface area contributed by atoms with Gasteiger partial charge in [-0.1, -0.05) is 0 Å². The molecule has 8 heteroatoms. The molecule has 2 rings (SSSR count). The molecule has 102 valence electrons. The first kappa shape index (κ1) is 13.5. The van der Waals surface area contributed by atoms with Crippen molar-refractivity contribution in [2.24, 2.45) is 0 Å². The largest absolute Gasteiger partial charge is 0.377 e. The lowest BCUT2D eigenvalue weighted by Gasteiger charge is -2.14. The van der Waals surface area contributed by atoms with Gasteiger partial charge in [0, 0.05) is 27.3 Å². The summed E-state index contributed by atoms with van der Waals surface area (Å²) in [6, 6.07) is 0. The lowest BCUT2D eigenvalue weighted by Crippen LogP contribution is -2.30. The van der Waals surface area contributed by atoms with Crippen LogP contribution in [-0.4, -0.2) is 62.2 Å². The normalized spacial score (nSPS) is 25.7. The van der Waals surface area contributed by atoms with Gasteiger partial charge in [-0.3, -0.25) is 0 Å². The molecular formula is C10H17N3O4S. The fourth-order valence-corrected chi connectivity index (χ4v) is 3.46. The molecule has 1 fully saturated rings. The molecule has 2 heterocycles. The molecule has 0 saturated carbocycles. The van der Waals surface area contributed by atoms with Crippen molar-refractivity contribution in [3.8, 4) is 0 Å². The molecule has 1 saturated heterocycles. The number of ether oxygens (including phenoxy) is 2. The number of nitrogens with one attached hydrogen (secondary N) is 1. The molecule has 1 aliphatic rings. The molecule has 0 aromatic carbocycles. The summed E-state index contributed by atoms with van der Waals surface area (Å²) in [7, 11) is -0.451. The molecule has 0 spiro atoms. The number of aryl methyl sites for hydroxylation is 1. The van der Waals surface area contributed by atoms with Crippen LogP contribution in [0, 0.1) is 6.92 Å². The van der Waals surface area contributed by atoms with Gasteiger partial charge >= 0.3 is 0 Å². The third kappa shape index (κ3) is 2.28. The highest BCUT2D eigenvalue weighted by molar-refractivity contribution is 7.89. The third-order valence-electron chi connectivity index (χ3n) is 3.08. The van der Waals surface area contributed by atoms with E-state index in [2.05, 4.69) is 9.97 Å². The van der Waals surface area contributed by atoms with Gasteiger partial charge < -0.3 is 14.5 Å². The quantitative estimate of drug-likeness (QED) is 0.819. The van der Waals surface area contributed by atoms with E-state index in [4.69, 9.17) is 9.47 Å². The molecule has 2 unspecified atom stereocenters. The average molecular weight is 275 g/mol. The Bertz CT molecular complexity index is 501. The number of nitrogens with zero attached hydrogens (tertiary/aromatic N) is 2. The molecule has 0 bridgehead atoms. The van der Waals surface area contributed by atoms with Gasteiger partial charge in [0.15, 0.2) is 5.03 Å². The van der Waals surface area contributed by atoms with E-state index in [1.165, 1.54) is 10.5 Å². The van der Waals surface area contributed by atoms with Crippen molar-refractivity contribution in [2.45, 2.75) is 24.2 Å². The number of aromatic nitrogens is 2. The first-order valence-electron chi connectivity index (χ1n) is 5.56. The van der Waals surface area contributed by atoms with Crippen LogP contribution in [0.15, 0.2) is 11.2 Å². The molecule has 1 aliphatic heterocycles. The first-order chi connectivity index (χ1) is 8.48. The van der Waals surface area contributed by atoms with Crippen LogP contribution < -0.4 is 0 Å². The number of H-pyrrole nitrogens is 1. The van der Waals surface area contributed by atoms with E-state index in [0.717, 1.165) is 0 Å². The maximum absolute atomic E-state index is 12.3. The van der Waals surface area contributed by atoms with Crippen LogP contribution in [0.1, 0.15) is 5.82 Å². The van der Waals surface area contributed by atoms with E-state index < -0.39 is 10.0 Å². The van der Waals surface area contributed by atoms with Gasteiger partial charge in [-0.05, 0) is 6.92 Å². The van der Waals surface area contributed by atoms with Crippen molar-refractivity contribution >= 4 is 10.0 Å². The molecule has 0 amide bonds. The fraction of sp³-hybridized carbons (Fsp3) is 0.700. The van der Waals surface area contributed by atoms with Gasteiger partial charge in [0.1, 0.15) is 5.82 Å². The zero-order valence-electron chi connectivity index (χ0n) is 10.6. The lowest BCUT2D eigenvalue weighted by atomic mass is 10.3. The SMILES string of the molecule is COC1CN(S(=O)(=O)c2cnc(C)[nH]2)CC1OC. The Morgan fingerprint density at radius 1 is 1.33 bits per heavy atom. The number of imidazole rings is 1. The first-order valence-corrected chi connectivity index (χ1v) is 7.00. The number of methoxy groups -OCH3 is 2. The third-order valence-corrected chi connectivity index (χ3v) is 4.83. The van der Waals surface area contributed by atoms with Gasteiger partial charge in [0.25, 0.3) is 10.0 Å². The number of sulfonamides is 1. The fourth-order valence-electron chi connectivity index (χ4n) is 2.03. The van der Waals surface area contributed by atoms with Crippen molar-refractivity contribution in [1.29, 1.82) is 0 Å². The summed E-state index contributed by atoms with van der Waals surface area (Å²) in [6.45, 7) is 2.28. The highest BCUT2D eigenvalue weighted by Gasteiger charge is 2.40. The Labute approximate surface area is 106 Å². The summed E-state index contributed by atoms with van der Waals surface area (Å²) in [5.74, 6) is 0.569. The Morgan fingerprint density at radius 2 is 1.89 bits per heavy atom. The van der Waals surface area contributed by atoms with Crippen LogP contribution >= 0.6 is 0 Å². The minimum atomic E-state index is -3.55. The maximum Gasteiger partial charge on any atom is 0.260 e. The number of rotatable bonds is 4. The van der Waals surface area contributed by atoms with Crippen molar-refractivity contribution in [2.75, 3.05) is 27.3 Å². The van der Waals surface area contributed by atoms with E-state index in [1.807, 2.05) is 0 Å². The van der Waals surface area contributed by atoms with Gasteiger partial charge in [-0.15, -0.1) is 0 Å². The summed E-state index contributed by atoms with van der Waals surface area (Å²) >= 11 is 0. The van der Waals surface area contributed by atoms with E-state index in [9.17, 15) is 8.42 Å². The second-order valence-electron chi connectivity index (χ2n) is 4.20. The predicted molar refractivity (Wildman–Crippen MR) is 63.7 cm³/mol. The summed E-state index contributed by atoms with van der Waals surface area (Å²) < 4.78 is 36.4. The van der Waals surface area contributed by atoms with E-state index in [1.54, 1.807) is 21.1 Å². The van der Waals surface area contributed by atoms with E-state index in [-0.39, 0.29) is 30.3 Å². The summed E-state index contributed by atoms with van der Waals surface area (Å²) in [5, 5.41) is 0.103. The molecule has 0 aliphatic carbocycles. The van der Waals surface area contributed by atoms with Crippen LogP contribution in [0.5, 0.6) is 0 Å². The second-order valence-corrected chi connectivity index (χ2v) is 6.11. The molecule has 2 atom stereocenters. The molecule has 0 radical (unpaired) electrons. The molecule has 18 heavy (non-hydrogen) atoms.